The van der Waals surface area contributed by atoms with Crippen LogP contribution in [0.2, 0.25) is 0 Å². The zero-order valence-electron chi connectivity index (χ0n) is 19.7. The van der Waals surface area contributed by atoms with Crippen molar-refractivity contribution in [2.45, 2.75) is 23.9 Å². The first kappa shape index (κ1) is 24.1. The number of amides is 1. The molecule has 3 aromatic carbocycles. The second kappa shape index (κ2) is 10.6. The van der Waals surface area contributed by atoms with Gasteiger partial charge in [0.2, 0.25) is 11.1 Å². The molecular weight excluding hydrogens is 538 g/mol. The number of aromatic nitrogens is 3. The molecule has 9 heteroatoms. The number of ether oxygens (including phenoxy) is 1. The minimum absolute atomic E-state index is 0.210. The fourth-order valence-corrected chi connectivity index (χ4v) is 5.08. The molecule has 1 aromatic heterocycles. The lowest BCUT2D eigenvalue weighted by atomic mass is 9.95. The lowest BCUT2D eigenvalue weighted by molar-refractivity contribution is -0.113. The Morgan fingerprint density at radius 3 is 2.50 bits per heavy atom. The van der Waals surface area contributed by atoms with E-state index in [1.165, 1.54) is 5.56 Å². The molecule has 2 N–H and O–H groups in total. The monoisotopic (exact) mass is 561 g/mol. The van der Waals surface area contributed by atoms with E-state index in [9.17, 15) is 4.79 Å². The fourth-order valence-electron chi connectivity index (χ4n) is 4.03. The van der Waals surface area contributed by atoms with E-state index in [0.29, 0.717) is 22.4 Å². The van der Waals surface area contributed by atoms with Crippen LogP contribution in [0.3, 0.4) is 0 Å². The Kier molecular flexibility index (Phi) is 7.11. The van der Waals surface area contributed by atoms with Crippen LogP contribution in [0.4, 0.5) is 11.6 Å². The van der Waals surface area contributed by atoms with Gasteiger partial charge in [0.05, 0.1) is 12.7 Å². The van der Waals surface area contributed by atoms with Crippen molar-refractivity contribution in [3.05, 3.63) is 106 Å². The van der Waals surface area contributed by atoms with Crippen LogP contribution >= 0.6 is 27.7 Å². The molecule has 1 aliphatic heterocycles. The molecule has 36 heavy (non-hydrogen) atoms. The zero-order valence-corrected chi connectivity index (χ0v) is 22.1. The summed E-state index contributed by atoms with van der Waals surface area (Å²) in [5.41, 5.74) is 4.11. The summed E-state index contributed by atoms with van der Waals surface area (Å²) >= 11 is 5.07. The predicted octanol–water partition coefficient (Wildman–Crippen LogP) is 6.27. The summed E-state index contributed by atoms with van der Waals surface area (Å²) in [5, 5.41) is 11.8. The van der Waals surface area contributed by atoms with Crippen LogP contribution < -0.4 is 15.4 Å². The third-order valence-electron chi connectivity index (χ3n) is 5.82. The van der Waals surface area contributed by atoms with Crippen LogP contribution in [-0.4, -0.2) is 27.8 Å². The van der Waals surface area contributed by atoms with Gasteiger partial charge in [-0.05, 0) is 54.4 Å². The Morgan fingerprint density at radius 1 is 1.08 bits per heavy atom. The van der Waals surface area contributed by atoms with Crippen molar-refractivity contribution in [1.29, 1.82) is 0 Å². The van der Waals surface area contributed by atoms with Crippen molar-refractivity contribution < 1.29 is 9.53 Å². The van der Waals surface area contributed by atoms with Gasteiger partial charge in [0.15, 0.2) is 0 Å². The summed E-state index contributed by atoms with van der Waals surface area (Å²) in [6, 6.07) is 25.0. The molecule has 4 aromatic rings. The average molecular weight is 562 g/mol. The second-order valence-corrected chi connectivity index (χ2v) is 10.1. The maximum Gasteiger partial charge on any atom is 0.255 e. The Morgan fingerprint density at radius 2 is 1.81 bits per heavy atom. The molecule has 0 bridgehead atoms. The Balaban J connectivity index is 1.47. The first-order chi connectivity index (χ1) is 17.5. The number of nitrogens with zero attached hydrogens (tertiary/aromatic N) is 3. The molecule has 182 valence electrons. The maximum absolute atomic E-state index is 13.6. The lowest BCUT2D eigenvalue weighted by Crippen LogP contribution is -2.31. The van der Waals surface area contributed by atoms with E-state index in [-0.39, 0.29) is 5.91 Å². The summed E-state index contributed by atoms with van der Waals surface area (Å²) < 4.78 is 7.98. The van der Waals surface area contributed by atoms with Crippen LogP contribution in [0.25, 0.3) is 0 Å². The Bertz CT molecular complexity index is 1400. The van der Waals surface area contributed by atoms with Gasteiger partial charge in [0.25, 0.3) is 5.91 Å². The molecule has 1 unspecified atom stereocenters. The molecule has 1 atom stereocenters. The quantitative estimate of drug-likeness (QED) is 0.259. The fraction of sp³-hybridized carbons (Fsp3) is 0.148. The van der Waals surface area contributed by atoms with Gasteiger partial charge in [-0.1, -0.05) is 70.2 Å². The molecule has 0 fully saturated rings. The number of halogens is 1. The van der Waals surface area contributed by atoms with Crippen LogP contribution in [0, 0.1) is 0 Å². The summed E-state index contributed by atoms with van der Waals surface area (Å²) in [6.07, 6.45) is 0. The van der Waals surface area contributed by atoms with Crippen molar-refractivity contribution in [1.82, 2.24) is 14.8 Å². The molecule has 1 aliphatic rings. The first-order valence-electron chi connectivity index (χ1n) is 11.3. The largest absolute Gasteiger partial charge is 0.497 e. The molecule has 0 saturated carbocycles. The number of fused-ring (bicyclic) bond motifs is 1. The topological polar surface area (TPSA) is 81.1 Å². The second-order valence-electron chi connectivity index (χ2n) is 8.24. The molecule has 0 saturated heterocycles. The van der Waals surface area contributed by atoms with E-state index in [2.05, 4.69) is 38.7 Å². The standard InChI is InChI=1S/C27H24BrN5O2S/c1-17-23(25(34)30-21-12-14-22(35-2)15-13-21)24(19-8-10-20(28)11-9-19)33-26(29-17)31-27(32-33)36-16-18-6-4-3-5-7-18/h3-15,24H,16H2,1-2H3,(H,30,34)(H,29,31,32). The molecule has 0 radical (unpaired) electrons. The highest BCUT2D eigenvalue weighted by Crippen LogP contribution is 2.37. The van der Waals surface area contributed by atoms with E-state index in [1.807, 2.05) is 73.7 Å². The van der Waals surface area contributed by atoms with E-state index >= 15 is 0 Å². The highest BCUT2D eigenvalue weighted by molar-refractivity contribution is 9.10. The number of methoxy groups -OCH3 is 1. The number of rotatable bonds is 7. The number of anilines is 2. The van der Waals surface area contributed by atoms with Crippen molar-refractivity contribution in [2.75, 3.05) is 17.7 Å². The van der Waals surface area contributed by atoms with E-state index in [0.717, 1.165) is 27.2 Å². The summed E-state index contributed by atoms with van der Waals surface area (Å²) in [4.78, 5) is 18.3. The number of carbonyl (C=O) groups excluding carboxylic acids is 1. The van der Waals surface area contributed by atoms with Gasteiger partial charge in [-0.15, -0.1) is 5.10 Å². The number of allylic oxidation sites excluding steroid dienone is 1. The van der Waals surface area contributed by atoms with Crippen LogP contribution in [-0.2, 0) is 10.5 Å². The van der Waals surface area contributed by atoms with Gasteiger partial charge in [-0.25, -0.2) is 4.68 Å². The number of thioether (sulfide) groups is 1. The van der Waals surface area contributed by atoms with Gasteiger partial charge in [-0.3, -0.25) is 4.79 Å². The maximum atomic E-state index is 13.6. The summed E-state index contributed by atoms with van der Waals surface area (Å²) in [7, 11) is 1.61. The van der Waals surface area contributed by atoms with Crippen molar-refractivity contribution >= 4 is 45.2 Å². The predicted molar refractivity (Wildman–Crippen MR) is 146 cm³/mol. The minimum Gasteiger partial charge on any atom is -0.497 e. The number of hydrogen-bond donors (Lipinski definition) is 2. The third kappa shape index (κ3) is 5.17. The van der Waals surface area contributed by atoms with Crippen LogP contribution in [0.1, 0.15) is 24.1 Å². The lowest BCUT2D eigenvalue weighted by Gasteiger charge is -2.28. The van der Waals surface area contributed by atoms with Crippen molar-refractivity contribution in [3.63, 3.8) is 0 Å². The van der Waals surface area contributed by atoms with Gasteiger partial charge < -0.3 is 15.4 Å². The summed E-state index contributed by atoms with van der Waals surface area (Å²) in [5.74, 6) is 1.88. The molecule has 7 nitrogen and oxygen atoms in total. The average Bonchev–Trinajstić information content (AvgIpc) is 3.30. The van der Waals surface area contributed by atoms with Gasteiger partial charge >= 0.3 is 0 Å². The minimum atomic E-state index is -0.439. The van der Waals surface area contributed by atoms with E-state index in [4.69, 9.17) is 14.8 Å². The van der Waals surface area contributed by atoms with Crippen LogP contribution in [0.15, 0.2) is 99.8 Å². The third-order valence-corrected chi connectivity index (χ3v) is 7.26. The van der Waals surface area contributed by atoms with Gasteiger partial charge in [-0.2, -0.15) is 4.98 Å². The van der Waals surface area contributed by atoms with Crippen molar-refractivity contribution in [2.24, 2.45) is 0 Å². The number of benzene rings is 3. The Labute approximate surface area is 222 Å². The molecule has 5 rings (SSSR count). The van der Waals surface area contributed by atoms with E-state index < -0.39 is 6.04 Å². The first-order valence-corrected chi connectivity index (χ1v) is 13.1. The molecular formula is C27H24BrN5O2S. The Hall–Kier alpha value is -3.56. The van der Waals surface area contributed by atoms with Crippen molar-refractivity contribution in [3.8, 4) is 5.75 Å². The normalized spacial score (nSPS) is 14.7. The number of hydrogen-bond acceptors (Lipinski definition) is 6. The van der Waals surface area contributed by atoms with Gasteiger partial charge in [0.1, 0.15) is 11.8 Å². The highest BCUT2D eigenvalue weighted by atomic mass is 79.9. The van der Waals surface area contributed by atoms with Crippen LogP contribution in [0.5, 0.6) is 5.75 Å². The SMILES string of the molecule is COc1ccc(NC(=O)C2=C(C)Nc3nc(SCc4ccccc4)nn3C2c2ccc(Br)cc2)cc1. The molecule has 2 heterocycles. The summed E-state index contributed by atoms with van der Waals surface area (Å²) in [6.45, 7) is 1.89. The molecule has 1 amide bonds. The molecule has 0 spiro atoms. The zero-order chi connectivity index (χ0) is 25.1. The molecule has 0 aliphatic carbocycles. The number of nitrogens with one attached hydrogen (secondary N) is 2. The highest BCUT2D eigenvalue weighted by Gasteiger charge is 2.34. The van der Waals surface area contributed by atoms with E-state index in [1.54, 1.807) is 23.6 Å². The van der Waals surface area contributed by atoms with Gasteiger partial charge in [0, 0.05) is 21.6 Å². The smallest absolute Gasteiger partial charge is 0.255 e. The number of carbonyl (C=O) groups is 1.